The zero-order valence-electron chi connectivity index (χ0n) is 18.7. The van der Waals surface area contributed by atoms with Crippen LogP contribution >= 0.6 is 0 Å². The fourth-order valence-electron chi connectivity index (χ4n) is 3.91. The molecule has 2 fully saturated rings. The fraction of sp³-hybridized carbons (Fsp3) is 0.682. The summed E-state index contributed by atoms with van der Waals surface area (Å²) in [6, 6.07) is 2.98. The Labute approximate surface area is 175 Å². The number of phenolic OH excluding ortho intramolecular Hbond substituents is 1. The predicted molar refractivity (Wildman–Crippen MR) is 118 cm³/mol. The second-order valence-electron chi connectivity index (χ2n) is 10.3. The second kappa shape index (κ2) is 7.51. The molecule has 1 aromatic carbocycles. The van der Waals surface area contributed by atoms with Crippen LogP contribution in [0, 0.1) is 5.41 Å². The molecular weight excluding hydrogens is 384 g/mol. The summed E-state index contributed by atoms with van der Waals surface area (Å²) in [4.78, 5) is 15.4. The maximum absolute atomic E-state index is 13.4. The highest BCUT2D eigenvalue weighted by atomic mass is 28.4. The maximum atomic E-state index is 13.4. The van der Waals surface area contributed by atoms with Crippen LogP contribution in [0.1, 0.15) is 56.8 Å². The summed E-state index contributed by atoms with van der Waals surface area (Å²) >= 11 is 0. The number of aromatic hydroxyl groups is 1. The molecule has 162 valence electrons. The van der Waals surface area contributed by atoms with Crippen molar-refractivity contribution in [3.8, 4) is 11.5 Å². The number of nitrogens with two attached hydrogens (primary N) is 1. The summed E-state index contributed by atoms with van der Waals surface area (Å²) in [7, 11) is -0.442. The van der Waals surface area contributed by atoms with E-state index in [1.54, 1.807) is 6.07 Å². The van der Waals surface area contributed by atoms with E-state index in [-0.39, 0.29) is 34.2 Å². The number of rotatable bonds is 5. The largest absolute Gasteiger partial charge is 0.504 e. The highest BCUT2D eigenvalue weighted by molar-refractivity contribution is 6.74. The Morgan fingerprint density at radius 2 is 1.97 bits per heavy atom. The van der Waals surface area contributed by atoms with Crippen LogP contribution in [0.4, 0.5) is 5.69 Å². The number of hydrogen-bond donors (Lipinski definition) is 2. The third kappa shape index (κ3) is 4.40. The third-order valence-electron chi connectivity index (χ3n) is 7.23. The molecule has 1 atom stereocenters. The SMILES string of the molecule is COc1cc(C(=O)N2CCC3(CC3)C[C@H]2CO[Si](C)(C)C(C)(C)C)c(N)cc1O. The number of ether oxygens (including phenoxy) is 1. The van der Waals surface area contributed by atoms with E-state index >= 15 is 0 Å². The minimum absolute atomic E-state index is 0.0482. The second-order valence-corrected chi connectivity index (χ2v) is 15.1. The van der Waals surface area contributed by atoms with Crippen molar-refractivity contribution >= 4 is 19.9 Å². The van der Waals surface area contributed by atoms with Crippen molar-refractivity contribution in [2.45, 2.75) is 70.6 Å². The predicted octanol–water partition coefficient (Wildman–Crippen LogP) is 4.39. The number of benzene rings is 1. The van der Waals surface area contributed by atoms with Crippen molar-refractivity contribution < 1.29 is 19.1 Å². The van der Waals surface area contributed by atoms with Crippen LogP contribution in [0.5, 0.6) is 11.5 Å². The number of phenols is 1. The van der Waals surface area contributed by atoms with Crippen molar-refractivity contribution in [1.82, 2.24) is 4.90 Å². The topological polar surface area (TPSA) is 85.0 Å². The molecular formula is C22H36N2O4Si. The first-order valence-electron chi connectivity index (χ1n) is 10.5. The van der Waals surface area contributed by atoms with E-state index in [1.807, 2.05) is 4.90 Å². The van der Waals surface area contributed by atoms with Crippen molar-refractivity contribution in [2.75, 3.05) is 26.0 Å². The van der Waals surface area contributed by atoms with E-state index in [4.69, 9.17) is 14.9 Å². The number of nitrogen functional groups attached to an aromatic ring is 1. The van der Waals surface area contributed by atoms with E-state index in [0.29, 0.717) is 24.1 Å². The number of carbonyl (C=O) groups is 1. The van der Waals surface area contributed by atoms with E-state index in [0.717, 1.165) is 12.8 Å². The van der Waals surface area contributed by atoms with Crippen molar-refractivity contribution in [2.24, 2.45) is 5.41 Å². The molecule has 29 heavy (non-hydrogen) atoms. The molecule has 1 saturated heterocycles. The monoisotopic (exact) mass is 420 g/mol. The van der Waals surface area contributed by atoms with E-state index in [9.17, 15) is 9.90 Å². The lowest BCUT2D eigenvalue weighted by Crippen LogP contribution is -2.52. The van der Waals surface area contributed by atoms with Gasteiger partial charge in [-0.05, 0) is 55.3 Å². The molecule has 1 aliphatic heterocycles. The van der Waals surface area contributed by atoms with Gasteiger partial charge in [0, 0.05) is 18.3 Å². The summed E-state index contributed by atoms with van der Waals surface area (Å²) in [5.41, 5.74) is 7.12. The van der Waals surface area contributed by atoms with Gasteiger partial charge in [0.1, 0.15) is 0 Å². The average molecular weight is 421 g/mol. The van der Waals surface area contributed by atoms with Gasteiger partial charge < -0.3 is 24.9 Å². The smallest absolute Gasteiger partial charge is 0.256 e. The minimum atomic E-state index is -1.91. The van der Waals surface area contributed by atoms with Crippen LogP contribution in [0.3, 0.4) is 0 Å². The molecule has 1 amide bonds. The average Bonchev–Trinajstić information content (AvgIpc) is 3.37. The van der Waals surface area contributed by atoms with Crippen LogP contribution in [-0.2, 0) is 4.43 Å². The molecule has 2 aliphatic rings. The first-order chi connectivity index (χ1) is 13.4. The molecule has 0 aromatic heterocycles. The molecule has 6 nitrogen and oxygen atoms in total. The Hall–Kier alpha value is -1.73. The van der Waals surface area contributed by atoms with Gasteiger partial charge in [-0.1, -0.05) is 20.8 Å². The Bertz CT molecular complexity index is 784. The Kier molecular flexibility index (Phi) is 5.68. The van der Waals surface area contributed by atoms with Gasteiger partial charge in [-0.3, -0.25) is 4.79 Å². The standard InChI is InChI=1S/C22H36N2O4Si/c1-21(2,3)29(5,6)28-14-15-13-22(7-8-22)9-10-24(15)20(26)16-11-19(27-4)18(25)12-17(16)23/h11-12,15,25H,7-10,13-14,23H2,1-6H3/t15-/m0/s1. The van der Waals surface area contributed by atoms with Crippen LogP contribution in [0.15, 0.2) is 12.1 Å². The lowest BCUT2D eigenvalue weighted by Gasteiger charge is -2.43. The molecule has 1 aliphatic carbocycles. The Balaban J connectivity index is 1.83. The van der Waals surface area contributed by atoms with E-state index in [2.05, 4.69) is 33.9 Å². The van der Waals surface area contributed by atoms with Crippen molar-refractivity contribution in [1.29, 1.82) is 0 Å². The molecule has 7 heteroatoms. The molecule has 0 radical (unpaired) electrons. The number of nitrogens with zero attached hydrogens (tertiary/aromatic N) is 1. The van der Waals surface area contributed by atoms with Gasteiger partial charge in [-0.2, -0.15) is 0 Å². The molecule has 0 bridgehead atoms. The van der Waals surface area contributed by atoms with Gasteiger partial charge in [-0.25, -0.2) is 0 Å². The summed E-state index contributed by atoms with van der Waals surface area (Å²) < 4.78 is 11.7. The van der Waals surface area contributed by atoms with Crippen LogP contribution in [0.25, 0.3) is 0 Å². The number of methoxy groups -OCH3 is 1. The third-order valence-corrected chi connectivity index (χ3v) is 11.7. The highest BCUT2D eigenvalue weighted by Crippen LogP contribution is 2.55. The van der Waals surface area contributed by atoms with Crippen LogP contribution in [-0.4, -0.2) is 50.5 Å². The number of anilines is 1. The lowest BCUT2D eigenvalue weighted by molar-refractivity contribution is 0.0398. The molecule has 1 heterocycles. The van der Waals surface area contributed by atoms with E-state index in [1.165, 1.54) is 26.0 Å². The number of hydrogen-bond acceptors (Lipinski definition) is 5. The summed E-state index contributed by atoms with van der Waals surface area (Å²) in [5, 5.41) is 10.1. The number of amides is 1. The van der Waals surface area contributed by atoms with Crippen molar-refractivity contribution in [3.05, 3.63) is 17.7 Å². The molecule has 0 unspecified atom stereocenters. The summed E-state index contributed by atoms with van der Waals surface area (Å²) in [6.45, 7) is 12.5. The molecule has 1 spiro atoms. The zero-order valence-corrected chi connectivity index (χ0v) is 19.7. The van der Waals surface area contributed by atoms with Gasteiger partial charge in [0.25, 0.3) is 5.91 Å². The Morgan fingerprint density at radius 3 is 2.52 bits per heavy atom. The molecule has 3 rings (SSSR count). The van der Waals surface area contributed by atoms with Gasteiger partial charge in [0.2, 0.25) is 0 Å². The van der Waals surface area contributed by atoms with E-state index < -0.39 is 8.32 Å². The van der Waals surface area contributed by atoms with Crippen LogP contribution in [0.2, 0.25) is 18.1 Å². The fourth-order valence-corrected chi connectivity index (χ4v) is 4.95. The minimum Gasteiger partial charge on any atom is -0.504 e. The number of carbonyl (C=O) groups excluding carboxylic acids is 1. The van der Waals surface area contributed by atoms with Gasteiger partial charge >= 0.3 is 0 Å². The van der Waals surface area contributed by atoms with Gasteiger partial charge in [0.05, 0.1) is 25.3 Å². The van der Waals surface area contributed by atoms with Crippen molar-refractivity contribution in [3.63, 3.8) is 0 Å². The molecule has 1 saturated carbocycles. The summed E-state index contributed by atoms with van der Waals surface area (Å²) in [5.74, 6) is 0.0855. The van der Waals surface area contributed by atoms with Gasteiger partial charge in [-0.15, -0.1) is 0 Å². The van der Waals surface area contributed by atoms with Gasteiger partial charge in [0.15, 0.2) is 19.8 Å². The maximum Gasteiger partial charge on any atom is 0.256 e. The number of piperidine rings is 1. The zero-order chi connectivity index (χ0) is 21.6. The van der Waals surface area contributed by atoms with Crippen LogP contribution < -0.4 is 10.5 Å². The molecule has 3 N–H and O–H groups in total. The lowest BCUT2D eigenvalue weighted by atomic mass is 9.87. The highest BCUT2D eigenvalue weighted by Gasteiger charge is 2.50. The Morgan fingerprint density at radius 1 is 1.31 bits per heavy atom. The quantitative estimate of drug-likeness (QED) is 0.545. The normalized spacial score (nSPS) is 21.3. The first-order valence-corrected chi connectivity index (χ1v) is 13.4. The first kappa shape index (κ1) is 22.0. The molecule has 1 aromatic rings. The summed E-state index contributed by atoms with van der Waals surface area (Å²) in [6.07, 6.45) is 4.52. The number of likely N-dealkylation sites (tertiary alicyclic amines) is 1.